The second-order valence-corrected chi connectivity index (χ2v) is 11.8. The maximum absolute atomic E-state index is 14.8. The molecule has 4 aromatic carbocycles. The largest absolute Gasteiger partial charge is 0.508 e. The number of hydrogen-bond acceptors (Lipinski definition) is 6. The number of urea groups is 1. The molecular formula is C38H43N3O6. The molecule has 0 bridgehead atoms. The lowest BCUT2D eigenvalue weighted by atomic mass is 9.87. The third-order valence-corrected chi connectivity index (χ3v) is 8.51. The maximum Gasteiger partial charge on any atom is 0.321 e. The van der Waals surface area contributed by atoms with Crippen LogP contribution in [0, 0.1) is 0 Å². The number of methoxy groups -OCH3 is 1. The van der Waals surface area contributed by atoms with Crippen LogP contribution in [0.5, 0.6) is 5.75 Å². The molecule has 1 heterocycles. The number of aryl methyl sites for hydroxylation is 1. The summed E-state index contributed by atoms with van der Waals surface area (Å²) in [5, 5.41) is 10.3. The van der Waals surface area contributed by atoms with Gasteiger partial charge in [0, 0.05) is 25.8 Å². The number of nitrogens with two attached hydrogens (primary N) is 1. The van der Waals surface area contributed by atoms with E-state index in [0.29, 0.717) is 31.6 Å². The standard InChI is InChI=1S/C38H43N3O6/c1-45-20-21-46-27-47-36-34(19-18-28-10-4-2-5-11-28)40(26-31-15-9-17-33(42)23-31)38(44)41(35(36)24-29-12-6-3-7-13-29)25-30-14-8-16-32(22-30)37(39)43/h2-17,22-23,34-36,42H,18-21,24-27H2,1H3,(H2,39,43)/t34-,35-,36-/m1/s1. The number of primary amides is 1. The highest BCUT2D eigenvalue weighted by Gasteiger charge is 2.47. The van der Waals surface area contributed by atoms with Crippen molar-refractivity contribution in [3.63, 3.8) is 0 Å². The fourth-order valence-electron chi connectivity index (χ4n) is 6.21. The van der Waals surface area contributed by atoms with Crippen molar-refractivity contribution < 1.29 is 28.9 Å². The van der Waals surface area contributed by atoms with Gasteiger partial charge in [-0.05, 0) is 65.8 Å². The third-order valence-electron chi connectivity index (χ3n) is 8.51. The second kappa shape index (κ2) is 16.7. The summed E-state index contributed by atoms with van der Waals surface area (Å²) in [5.74, 6) is -0.396. The number of rotatable bonds is 16. The molecule has 3 N–H and O–H groups in total. The number of ether oxygens (including phenoxy) is 3. The molecule has 3 atom stereocenters. The number of phenols is 1. The summed E-state index contributed by atoms with van der Waals surface area (Å²) in [4.78, 5) is 30.6. The number of carbonyl (C=O) groups excluding carboxylic acids is 2. The normalized spacial score (nSPS) is 18.0. The molecule has 9 heteroatoms. The first-order valence-electron chi connectivity index (χ1n) is 15.9. The van der Waals surface area contributed by atoms with E-state index in [9.17, 15) is 14.7 Å². The highest BCUT2D eigenvalue weighted by molar-refractivity contribution is 5.92. The Hall–Kier alpha value is -4.70. The summed E-state index contributed by atoms with van der Waals surface area (Å²) in [6.45, 7) is 1.34. The van der Waals surface area contributed by atoms with Gasteiger partial charge in [-0.15, -0.1) is 0 Å². The first-order chi connectivity index (χ1) is 22.9. The van der Waals surface area contributed by atoms with Gasteiger partial charge in [0.1, 0.15) is 18.6 Å². The van der Waals surface area contributed by atoms with Gasteiger partial charge in [0.2, 0.25) is 5.91 Å². The van der Waals surface area contributed by atoms with Crippen molar-refractivity contribution >= 4 is 11.9 Å². The summed E-state index contributed by atoms with van der Waals surface area (Å²) in [6, 6.07) is 33.5. The van der Waals surface area contributed by atoms with Gasteiger partial charge in [-0.25, -0.2) is 4.79 Å². The molecule has 5 rings (SSSR count). The molecule has 1 aliphatic rings. The van der Waals surface area contributed by atoms with E-state index >= 15 is 0 Å². The minimum atomic E-state index is -0.529. The highest BCUT2D eigenvalue weighted by Crippen LogP contribution is 2.33. The van der Waals surface area contributed by atoms with Crippen molar-refractivity contribution in [3.8, 4) is 5.75 Å². The number of aromatic hydroxyl groups is 1. The Balaban J connectivity index is 1.57. The summed E-state index contributed by atoms with van der Waals surface area (Å²) in [5.41, 5.74) is 9.80. The molecule has 0 unspecified atom stereocenters. The van der Waals surface area contributed by atoms with E-state index in [4.69, 9.17) is 19.9 Å². The molecule has 1 fully saturated rings. The average Bonchev–Trinajstić information content (AvgIpc) is 3.08. The van der Waals surface area contributed by atoms with E-state index in [1.165, 1.54) is 0 Å². The SMILES string of the molecule is COCCOCO[C@@H]1[C@@H](CCc2ccccc2)N(Cc2cccc(O)c2)C(=O)N(Cc2cccc(C(N)=O)c2)[C@@H]1Cc1ccccc1. The summed E-state index contributed by atoms with van der Waals surface area (Å²) in [7, 11) is 1.62. The summed E-state index contributed by atoms with van der Waals surface area (Å²) in [6.07, 6.45) is 1.48. The van der Waals surface area contributed by atoms with Crippen LogP contribution in [0.4, 0.5) is 4.79 Å². The van der Waals surface area contributed by atoms with E-state index in [0.717, 1.165) is 28.7 Å². The fraction of sp³-hybridized carbons (Fsp3) is 0.316. The average molecular weight is 638 g/mol. The number of nitrogens with zero attached hydrogens (tertiary/aromatic N) is 2. The minimum absolute atomic E-state index is 0.0281. The molecule has 0 saturated carbocycles. The molecule has 0 aliphatic carbocycles. The molecule has 1 aliphatic heterocycles. The number of phenolic OH excluding ortho intramolecular Hbond substituents is 1. The van der Waals surface area contributed by atoms with Gasteiger partial charge in [0.15, 0.2) is 0 Å². The second-order valence-electron chi connectivity index (χ2n) is 11.8. The van der Waals surface area contributed by atoms with Crippen LogP contribution in [0.15, 0.2) is 109 Å². The van der Waals surface area contributed by atoms with Crippen LogP contribution in [-0.4, -0.2) is 72.1 Å². The molecule has 4 aromatic rings. The number of amides is 3. The monoisotopic (exact) mass is 637 g/mol. The van der Waals surface area contributed by atoms with Gasteiger partial charge in [-0.1, -0.05) is 84.9 Å². The van der Waals surface area contributed by atoms with E-state index in [1.807, 2.05) is 58.3 Å². The van der Waals surface area contributed by atoms with E-state index < -0.39 is 12.0 Å². The van der Waals surface area contributed by atoms with Crippen molar-refractivity contribution in [3.05, 3.63) is 137 Å². The zero-order valence-corrected chi connectivity index (χ0v) is 26.7. The van der Waals surface area contributed by atoms with Gasteiger partial charge in [-0.3, -0.25) is 4.79 Å². The Morgan fingerprint density at radius 3 is 2.04 bits per heavy atom. The molecule has 246 valence electrons. The van der Waals surface area contributed by atoms with Crippen molar-refractivity contribution in [1.29, 1.82) is 0 Å². The van der Waals surface area contributed by atoms with Gasteiger partial charge in [0.05, 0.1) is 25.3 Å². The van der Waals surface area contributed by atoms with Crippen LogP contribution >= 0.6 is 0 Å². The highest BCUT2D eigenvalue weighted by atomic mass is 16.7. The van der Waals surface area contributed by atoms with E-state index in [1.54, 1.807) is 43.5 Å². The predicted octanol–water partition coefficient (Wildman–Crippen LogP) is 5.55. The molecule has 1 saturated heterocycles. The van der Waals surface area contributed by atoms with Crippen LogP contribution in [0.25, 0.3) is 0 Å². The Morgan fingerprint density at radius 2 is 1.38 bits per heavy atom. The topological polar surface area (TPSA) is 115 Å². The lowest BCUT2D eigenvalue weighted by Gasteiger charge is -2.51. The van der Waals surface area contributed by atoms with Crippen LogP contribution < -0.4 is 5.73 Å². The number of carbonyl (C=O) groups is 2. The molecule has 0 radical (unpaired) electrons. The van der Waals surface area contributed by atoms with Crippen LogP contribution in [0.2, 0.25) is 0 Å². The smallest absolute Gasteiger partial charge is 0.321 e. The first kappa shape index (κ1) is 33.7. The van der Waals surface area contributed by atoms with Crippen LogP contribution in [0.3, 0.4) is 0 Å². The van der Waals surface area contributed by atoms with Gasteiger partial charge in [-0.2, -0.15) is 0 Å². The number of hydrogen-bond donors (Lipinski definition) is 2. The lowest BCUT2D eigenvalue weighted by Crippen LogP contribution is -2.66. The molecule has 0 aromatic heterocycles. The quantitative estimate of drug-likeness (QED) is 0.123. The van der Waals surface area contributed by atoms with Crippen molar-refractivity contribution in [2.45, 2.75) is 50.5 Å². The summed E-state index contributed by atoms with van der Waals surface area (Å²) < 4.78 is 17.6. The van der Waals surface area contributed by atoms with E-state index in [2.05, 4.69) is 24.3 Å². The number of benzene rings is 4. The van der Waals surface area contributed by atoms with Crippen molar-refractivity contribution in [1.82, 2.24) is 9.80 Å². The van der Waals surface area contributed by atoms with Gasteiger partial charge in [0.25, 0.3) is 0 Å². The van der Waals surface area contributed by atoms with E-state index in [-0.39, 0.29) is 43.7 Å². The molecule has 0 spiro atoms. The van der Waals surface area contributed by atoms with Gasteiger partial charge < -0.3 is 34.9 Å². The zero-order valence-electron chi connectivity index (χ0n) is 26.7. The molecule has 9 nitrogen and oxygen atoms in total. The Bertz CT molecular complexity index is 1580. The lowest BCUT2D eigenvalue weighted by molar-refractivity contribution is -0.150. The molecule has 47 heavy (non-hydrogen) atoms. The first-order valence-corrected chi connectivity index (χ1v) is 15.9. The Morgan fingerprint density at radius 1 is 0.766 bits per heavy atom. The zero-order chi connectivity index (χ0) is 33.0. The summed E-state index contributed by atoms with van der Waals surface area (Å²) >= 11 is 0. The molecule has 3 amide bonds. The fourth-order valence-corrected chi connectivity index (χ4v) is 6.21. The molecular weight excluding hydrogens is 594 g/mol. The van der Waals surface area contributed by atoms with Gasteiger partial charge >= 0.3 is 6.03 Å². The van der Waals surface area contributed by atoms with Crippen molar-refractivity contribution in [2.75, 3.05) is 27.1 Å². The van der Waals surface area contributed by atoms with Crippen LogP contribution in [-0.2, 0) is 40.1 Å². The van der Waals surface area contributed by atoms with Crippen molar-refractivity contribution in [2.24, 2.45) is 5.73 Å². The maximum atomic E-state index is 14.8. The minimum Gasteiger partial charge on any atom is -0.508 e. The predicted molar refractivity (Wildman–Crippen MR) is 180 cm³/mol. The Kier molecular flexibility index (Phi) is 12.0. The van der Waals surface area contributed by atoms with Crippen LogP contribution in [0.1, 0.15) is 39.0 Å². The third kappa shape index (κ3) is 9.19. The Labute approximate surface area is 276 Å².